The maximum Gasteiger partial charge on any atom is 0.267 e. The van der Waals surface area contributed by atoms with Gasteiger partial charge in [-0.15, -0.1) is 5.10 Å². The molecule has 0 saturated heterocycles. The normalized spacial score (nSPS) is 20.2. The van der Waals surface area contributed by atoms with Crippen molar-refractivity contribution in [2.75, 3.05) is 0 Å². The molecule has 8 heteroatoms. The zero-order chi connectivity index (χ0) is 17.8. The Morgan fingerprint density at radius 3 is 2.58 bits per heavy atom. The van der Waals surface area contributed by atoms with Crippen molar-refractivity contribution in [2.45, 2.75) is 44.3 Å². The molecular formula is C18H21N7O. The Hall–Kier alpha value is -2.87. The molecule has 0 aromatic carbocycles. The third kappa shape index (κ3) is 3.70. The van der Waals surface area contributed by atoms with E-state index in [0.717, 1.165) is 32.2 Å². The number of nitrogens with zero attached hydrogens (tertiary/aromatic N) is 6. The number of nitrogens with one attached hydrogen (secondary N) is 1. The zero-order valence-corrected chi connectivity index (χ0v) is 14.4. The zero-order valence-electron chi connectivity index (χ0n) is 14.4. The quantitative estimate of drug-likeness (QED) is 0.749. The fraction of sp³-hybridized carbons (Fsp3) is 0.389. The Kier molecular flexibility index (Phi) is 4.83. The van der Waals surface area contributed by atoms with E-state index in [4.69, 9.17) is 0 Å². The van der Waals surface area contributed by atoms with Crippen molar-refractivity contribution < 1.29 is 0 Å². The number of hydrogen-bond donors (Lipinski definition) is 1. The standard InChI is InChI=1S/C18H21N7O/c26-18-6-5-17(24-13-20-12-22-24)23-25(18)16-3-1-15(2-4-16)21-11-14-7-9-19-10-8-14/h5-10,12-13,15-16,21H,1-4,11H2. The van der Waals surface area contributed by atoms with E-state index in [0.29, 0.717) is 11.9 Å². The van der Waals surface area contributed by atoms with Crippen LogP contribution in [-0.4, -0.2) is 35.6 Å². The Morgan fingerprint density at radius 2 is 1.85 bits per heavy atom. The second-order valence-electron chi connectivity index (χ2n) is 6.56. The summed E-state index contributed by atoms with van der Waals surface area (Å²) < 4.78 is 3.17. The van der Waals surface area contributed by atoms with Gasteiger partial charge in [0, 0.05) is 31.0 Å². The molecule has 134 valence electrons. The first-order valence-electron chi connectivity index (χ1n) is 8.87. The highest BCUT2D eigenvalue weighted by molar-refractivity contribution is 5.16. The van der Waals surface area contributed by atoms with Gasteiger partial charge in [-0.2, -0.15) is 5.10 Å². The number of aromatic nitrogens is 6. The van der Waals surface area contributed by atoms with Gasteiger partial charge in [-0.3, -0.25) is 9.78 Å². The van der Waals surface area contributed by atoms with Gasteiger partial charge in [-0.05, 0) is 49.4 Å². The summed E-state index contributed by atoms with van der Waals surface area (Å²) in [5.41, 5.74) is 1.17. The largest absolute Gasteiger partial charge is 0.310 e. The van der Waals surface area contributed by atoms with Gasteiger partial charge in [0.25, 0.3) is 5.56 Å². The third-order valence-electron chi connectivity index (χ3n) is 4.85. The molecule has 0 bridgehead atoms. The molecule has 26 heavy (non-hydrogen) atoms. The minimum atomic E-state index is -0.0675. The second kappa shape index (κ2) is 7.57. The second-order valence-corrected chi connectivity index (χ2v) is 6.56. The maximum absolute atomic E-state index is 12.3. The van der Waals surface area contributed by atoms with Gasteiger partial charge < -0.3 is 5.32 Å². The van der Waals surface area contributed by atoms with Gasteiger partial charge in [-0.1, -0.05) is 0 Å². The Bertz CT molecular complexity index is 883. The molecule has 1 aliphatic carbocycles. The van der Waals surface area contributed by atoms with Gasteiger partial charge in [0.2, 0.25) is 0 Å². The first kappa shape index (κ1) is 16.6. The number of pyridine rings is 1. The van der Waals surface area contributed by atoms with Crippen LogP contribution in [0.25, 0.3) is 5.82 Å². The Morgan fingerprint density at radius 1 is 1.04 bits per heavy atom. The van der Waals surface area contributed by atoms with Crippen LogP contribution < -0.4 is 10.9 Å². The van der Waals surface area contributed by atoms with Gasteiger partial charge in [0.15, 0.2) is 5.82 Å². The van der Waals surface area contributed by atoms with Crippen molar-refractivity contribution in [1.82, 2.24) is 34.8 Å². The Labute approximate surface area is 150 Å². The smallest absolute Gasteiger partial charge is 0.267 e. The summed E-state index contributed by atoms with van der Waals surface area (Å²) in [5.74, 6) is 0.611. The van der Waals surface area contributed by atoms with E-state index in [1.807, 2.05) is 24.5 Å². The monoisotopic (exact) mass is 351 g/mol. The predicted octanol–water partition coefficient (Wildman–Crippen LogP) is 1.49. The van der Waals surface area contributed by atoms with E-state index >= 15 is 0 Å². The fourth-order valence-electron chi connectivity index (χ4n) is 3.41. The molecule has 0 atom stereocenters. The molecule has 1 aliphatic rings. The summed E-state index contributed by atoms with van der Waals surface area (Å²) in [6.07, 6.45) is 10.6. The van der Waals surface area contributed by atoms with Crippen LogP contribution in [0.2, 0.25) is 0 Å². The molecule has 0 aliphatic heterocycles. The van der Waals surface area contributed by atoms with Crippen LogP contribution in [0.4, 0.5) is 0 Å². The summed E-state index contributed by atoms with van der Waals surface area (Å²) >= 11 is 0. The maximum atomic E-state index is 12.3. The molecule has 3 aromatic rings. The van der Waals surface area contributed by atoms with E-state index in [-0.39, 0.29) is 11.6 Å². The summed E-state index contributed by atoms with van der Waals surface area (Å²) in [6.45, 7) is 0.845. The van der Waals surface area contributed by atoms with Crippen molar-refractivity contribution in [3.63, 3.8) is 0 Å². The summed E-state index contributed by atoms with van der Waals surface area (Å²) in [6, 6.07) is 7.88. The average Bonchev–Trinajstić information content (AvgIpc) is 3.23. The van der Waals surface area contributed by atoms with Crippen molar-refractivity contribution in [1.29, 1.82) is 0 Å². The lowest BCUT2D eigenvalue weighted by Crippen LogP contribution is -2.36. The molecular weight excluding hydrogens is 330 g/mol. The highest BCUT2D eigenvalue weighted by Crippen LogP contribution is 2.27. The molecule has 8 nitrogen and oxygen atoms in total. The van der Waals surface area contributed by atoms with Crippen LogP contribution in [0.1, 0.15) is 37.3 Å². The van der Waals surface area contributed by atoms with Crippen LogP contribution in [0.3, 0.4) is 0 Å². The minimum absolute atomic E-state index is 0.0675. The molecule has 3 aromatic heterocycles. The summed E-state index contributed by atoms with van der Waals surface area (Å²) in [7, 11) is 0. The summed E-state index contributed by atoms with van der Waals surface area (Å²) in [5, 5.41) is 12.2. The molecule has 4 rings (SSSR count). The Balaban J connectivity index is 1.39. The molecule has 1 saturated carbocycles. The van der Waals surface area contributed by atoms with Crippen molar-refractivity contribution in [3.05, 3.63) is 65.2 Å². The molecule has 0 radical (unpaired) electrons. The van der Waals surface area contributed by atoms with Gasteiger partial charge in [-0.25, -0.2) is 14.3 Å². The SMILES string of the molecule is O=c1ccc(-n2cncn2)nn1C1CCC(NCc2ccncc2)CC1. The fourth-order valence-corrected chi connectivity index (χ4v) is 3.41. The topological polar surface area (TPSA) is 90.5 Å². The predicted molar refractivity (Wildman–Crippen MR) is 95.8 cm³/mol. The first-order chi connectivity index (χ1) is 12.8. The number of rotatable bonds is 5. The van der Waals surface area contributed by atoms with Crippen molar-refractivity contribution in [2.24, 2.45) is 0 Å². The molecule has 0 unspecified atom stereocenters. The lowest BCUT2D eigenvalue weighted by atomic mass is 9.91. The van der Waals surface area contributed by atoms with Crippen LogP contribution in [0, 0.1) is 0 Å². The minimum Gasteiger partial charge on any atom is -0.310 e. The van der Waals surface area contributed by atoms with E-state index < -0.39 is 0 Å². The number of hydrogen-bond acceptors (Lipinski definition) is 6. The van der Waals surface area contributed by atoms with Crippen LogP contribution in [0.5, 0.6) is 0 Å². The molecule has 3 heterocycles. The third-order valence-corrected chi connectivity index (χ3v) is 4.85. The van der Waals surface area contributed by atoms with Gasteiger partial charge in [0.1, 0.15) is 12.7 Å². The molecule has 0 spiro atoms. The van der Waals surface area contributed by atoms with E-state index in [1.54, 1.807) is 27.8 Å². The van der Waals surface area contributed by atoms with Gasteiger partial charge in [0.05, 0.1) is 6.04 Å². The van der Waals surface area contributed by atoms with Crippen molar-refractivity contribution in [3.8, 4) is 5.82 Å². The van der Waals surface area contributed by atoms with Crippen LogP contribution >= 0.6 is 0 Å². The van der Waals surface area contributed by atoms with Crippen LogP contribution in [-0.2, 0) is 6.54 Å². The molecule has 1 N–H and O–H groups in total. The van der Waals surface area contributed by atoms with E-state index in [2.05, 4.69) is 25.5 Å². The van der Waals surface area contributed by atoms with E-state index in [1.165, 1.54) is 11.9 Å². The van der Waals surface area contributed by atoms with Crippen molar-refractivity contribution >= 4 is 0 Å². The lowest BCUT2D eigenvalue weighted by molar-refractivity contribution is 0.268. The average molecular weight is 351 g/mol. The highest BCUT2D eigenvalue weighted by atomic mass is 16.1. The molecule has 1 fully saturated rings. The summed E-state index contributed by atoms with van der Waals surface area (Å²) in [4.78, 5) is 20.2. The van der Waals surface area contributed by atoms with Crippen LogP contribution in [0.15, 0.2) is 54.1 Å². The van der Waals surface area contributed by atoms with E-state index in [9.17, 15) is 4.79 Å². The highest BCUT2D eigenvalue weighted by Gasteiger charge is 2.23. The van der Waals surface area contributed by atoms with Gasteiger partial charge >= 0.3 is 0 Å². The first-order valence-corrected chi connectivity index (χ1v) is 8.87. The lowest BCUT2D eigenvalue weighted by Gasteiger charge is -2.29. The molecule has 0 amide bonds.